The second-order valence-corrected chi connectivity index (χ2v) is 7.64. The number of aliphatic carboxylic acids is 1. The highest BCUT2D eigenvalue weighted by Gasteiger charge is 2.46. The molecule has 1 aromatic rings. The average Bonchev–Trinajstić information content (AvgIpc) is 2.77. The van der Waals surface area contributed by atoms with Crippen LogP contribution < -0.4 is 10.6 Å². The zero-order chi connectivity index (χ0) is 24.4. The fourth-order valence-corrected chi connectivity index (χ4v) is 3.30. The van der Waals surface area contributed by atoms with E-state index in [0.717, 1.165) is 37.2 Å². The molecule has 4 N–H and O–H groups in total. The van der Waals surface area contributed by atoms with Gasteiger partial charge in [-0.3, -0.25) is 25.0 Å². The number of amides is 1. The third kappa shape index (κ3) is 7.68. The van der Waals surface area contributed by atoms with Crippen LogP contribution in [0.15, 0.2) is 53.8 Å². The first kappa shape index (κ1) is 25.5. The van der Waals surface area contributed by atoms with Crippen molar-refractivity contribution in [3.05, 3.63) is 74.0 Å². The number of allylic oxidation sites excluding steroid dienone is 1. The number of unbranched alkanes of at least 4 members (excludes halogenated alkanes) is 2. The minimum Gasteiger partial charge on any atom is -0.480 e. The maximum absolute atomic E-state index is 12.2. The van der Waals surface area contributed by atoms with Crippen LogP contribution in [0.1, 0.15) is 38.5 Å². The lowest BCUT2D eigenvalue weighted by Crippen LogP contribution is -2.42. The van der Waals surface area contributed by atoms with Crippen LogP contribution in [0, 0.1) is 20.2 Å². The van der Waals surface area contributed by atoms with Crippen LogP contribution in [0.3, 0.4) is 0 Å². The standard InChI is InChI=1S/C21H26N4O8/c26-19(9-5-2-6-12-22-16-7-3-1-4-8-16)23-17(20(27)28)13-15-10-11-21(29,25(32)33)14-18(15)24(30)31/h1,3-4,7-8,10-11,17,22,29H,2,5-6,9,12-14H2,(H,23,26)(H,27,28)/t17-,21?/m0/s1. The molecule has 2 rings (SSSR count). The summed E-state index contributed by atoms with van der Waals surface area (Å²) in [6.07, 6.45) is 2.57. The number of carbonyl (C=O) groups excluding carboxylic acids is 1. The molecule has 0 aliphatic heterocycles. The van der Waals surface area contributed by atoms with Crippen molar-refractivity contribution < 1.29 is 29.6 Å². The molecule has 1 aromatic carbocycles. The summed E-state index contributed by atoms with van der Waals surface area (Å²) in [6, 6.07) is 8.19. The van der Waals surface area contributed by atoms with E-state index < -0.39 is 52.0 Å². The van der Waals surface area contributed by atoms with Gasteiger partial charge in [-0.05, 0) is 31.1 Å². The highest BCUT2D eigenvalue weighted by molar-refractivity contribution is 5.83. The van der Waals surface area contributed by atoms with Crippen molar-refractivity contribution >= 4 is 17.6 Å². The molecular weight excluding hydrogens is 436 g/mol. The highest BCUT2D eigenvalue weighted by Crippen LogP contribution is 2.30. The van der Waals surface area contributed by atoms with Gasteiger partial charge >= 0.3 is 11.7 Å². The lowest BCUT2D eigenvalue weighted by molar-refractivity contribution is -0.612. The number of carboxylic acids is 1. The molecule has 178 valence electrons. The number of nitrogens with zero attached hydrogens (tertiary/aromatic N) is 2. The number of carbonyl (C=O) groups is 2. The van der Waals surface area contributed by atoms with Gasteiger partial charge in [-0.2, -0.15) is 0 Å². The van der Waals surface area contributed by atoms with Gasteiger partial charge < -0.3 is 20.8 Å². The van der Waals surface area contributed by atoms with E-state index in [4.69, 9.17) is 0 Å². The molecule has 0 bridgehead atoms. The number of anilines is 1. The fraction of sp³-hybridized carbons (Fsp3) is 0.429. The number of nitro groups is 2. The Kier molecular flexibility index (Phi) is 9.04. The van der Waals surface area contributed by atoms with E-state index in [1.807, 2.05) is 30.3 Å². The van der Waals surface area contributed by atoms with Crippen LogP contribution >= 0.6 is 0 Å². The fourth-order valence-electron chi connectivity index (χ4n) is 3.30. The minimum absolute atomic E-state index is 0.0904. The molecule has 2 atom stereocenters. The Morgan fingerprint density at radius 3 is 2.42 bits per heavy atom. The smallest absolute Gasteiger partial charge is 0.352 e. The number of carboxylic acid groups (broad SMARTS) is 1. The van der Waals surface area contributed by atoms with Gasteiger partial charge in [-0.1, -0.05) is 24.6 Å². The number of aliphatic hydroxyl groups is 1. The summed E-state index contributed by atoms with van der Waals surface area (Å²) in [7, 11) is 0. The zero-order valence-corrected chi connectivity index (χ0v) is 17.8. The second-order valence-electron chi connectivity index (χ2n) is 7.64. The van der Waals surface area contributed by atoms with Crippen molar-refractivity contribution in [3.63, 3.8) is 0 Å². The van der Waals surface area contributed by atoms with Gasteiger partial charge in [0.15, 0.2) is 0 Å². The Balaban J connectivity index is 1.85. The molecule has 1 aliphatic carbocycles. The largest absolute Gasteiger partial charge is 0.480 e. The summed E-state index contributed by atoms with van der Waals surface area (Å²) >= 11 is 0. The third-order valence-corrected chi connectivity index (χ3v) is 5.13. The first-order valence-corrected chi connectivity index (χ1v) is 10.4. The van der Waals surface area contributed by atoms with Gasteiger partial charge in [-0.25, -0.2) is 4.79 Å². The van der Waals surface area contributed by atoms with E-state index in [1.54, 1.807) is 0 Å². The number of hydrogen-bond acceptors (Lipinski definition) is 8. The maximum Gasteiger partial charge on any atom is 0.352 e. The zero-order valence-electron chi connectivity index (χ0n) is 17.8. The molecule has 12 heteroatoms. The second kappa shape index (κ2) is 11.7. The van der Waals surface area contributed by atoms with Gasteiger partial charge in [0.25, 0.3) is 5.70 Å². The molecule has 33 heavy (non-hydrogen) atoms. The SMILES string of the molecule is O=C(CCCCCNc1ccccc1)N[C@@H](CC1=C([N+](=O)[O-])CC(O)([N+](=O)[O-])C=C1)C(=O)O. The molecule has 1 unspecified atom stereocenters. The van der Waals surface area contributed by atoms with Crippen LogP contribution in [-0.4, -0.2) is 50.2 Å². The van der Waals surface area contributed by atoms with Crippen LogP contribution in [0.25, 0.3) is 0 Å². The Hall–Kier alpha value is -3.80. The summed E-state index contributed by atoms with van der Waals surface area (Å²) in [5, 5.41) is 47.2. The number of benzene rings is 1. The predicted molar refractivity (Wildman–Crippen MR) is 117 cm³/mol. The van der Waals surface area contributed by atoms with Crippen LogP contribution in [-0.2, 0) is 9.59 Å². The monoisotopic (exact) mass is 462 g/mol. The van der Waals surface area contributed by atoms with Gasteiger partial charge in [-0.15, -0.1) is 0 Å². The summed E-state index contributed by atoms with van der Waals surface area (Å²) < 4.78 is 0. The molecule has 0 spiro atoms. The normalized spacial score (nSPS) is 18.5. The summed E-state index contributed by atoms with van der Waals surface area (Å²) in [4.78, 5) is 44.1. The van der Waals surface area contributed by atoms with Crippen molar-refractivity contribution in [2.75, 3.05) is 11.9 Å². The molecule has 0 fully saturated rings. The highest BCUT2D eigenvalue weighted by atomic mass is 16.7. The minimum atomic E-state index is -2.64. The summed E-state index contributed by atoms with van der Waals surface area (Å²) in [5.74, 6) is -1.91. The first-order valence-electron chi connectivity index (χ1n) is 10.4. The van der Waals surface area contributed by atoms with E-state index >= 15 is 0 Å². The van der Waals surface area contributed by atoms with E-state index in [9.17, 15) is 40.0 Å². The van der Waals surface area contributed by atoms with Gasteiger partial charge in [0.2, 0.25) is 5.91 Å². The van der Waals surface area contributed by atoms with Gasteiger partial charge in [0, 0.05) is 36.7 Å². The van der Waals surface area contributed by atoms with Crippen LogP contribution in [0.4, 0.5) is 5.69 Å². The molecule has 0 radical (unpaired) electrons. The molecule has 1 aliphatic rings. The lowest BCUT2D eigenvalue weighted by atomic mass is 9.92. The van der Waals surface area contributed by atoms with Gasteiger partial charge in [0.1, 0.15) is 12.5 Å². The van der Waals surface area contributed by atoms with E-state index in [1.165, 1.54) is 0 Å². The average molecular weight is 462 g/mol. The Bertz CT molecular complexity index is 947. The first-order chi connectivity index (χ1) is 15.6. The molecule has 0 aromatic heterocycles. The Labute approximate surface area is 189 Å². The number of rotatable bonds is 13. The lowest BCUT2D eigenvalue weighted by Gasteiger charge is -2.21. The van der Waals surface area contributed by atoms with E-state index in [2.05, 4.69) is 10.6 Å². The molecule has 0 saturated heterocycles. The summed E-state index contributed by atoms with van der Waals surface area (Å²) in [6.45, 7) is 0.726. The topological polar surface area (TPSA) is 185 Å². The van der Waals surface area contributed by atoms with Crippen molar-refractivity contribution in [3.8, 4) is 0 Å². The van der Waals surface area contributed by atoms with E-state index in [-0.39, 0.29) is 12.0 Å². The third-order valence-electron chi connectivity index (χ3n) is 5.13. The molecule has 12 nitrogen and oxygen atoms in total. The number of nitrogens with one attached hydrogen (secondary N) is 2. The Morgan fingerprint density at radius 2 is 1.82 bits per heavy atom. The molecule has 1 amide bonds. The maximum atomic E-state index is 12.2. The molecule has 0 saturated carbocycles. The predicted octanol–water partition coefficient (Wildman–Crippen LogP) is 2.07. The quantitative estimate of drug-likeness (QED) is 0.147. The Morgan fingerprint density at radius 1 is 1.12 bits per heavy atom. The number of hydrogen-bond donors (Lipinski definition) is 4. The van der Waals surface area contributed by atoms with Gasteiger partial charge in [0.05, 0.1) is 9.85 Å². The van der Waals surface area contributed by atoms with Crippen molar-refractivity contribution in [1.82, 2.24) is 5.32 Å². The van der Waals surface area contributed by atoms with Crippen molar-refractivity contribution in [2.45, 2.75) is 50.3 Å². The van der Waals surface area contributed by atoms with Crippen molar-refractivity contribution in [2.24, 2.45) is 0 Å². The number of para-hydroxylation sites is 1. The van der Waals surface area contributed by atoms with Crippen LogP contribution in [0.5, 0.6) is 0 Å². The summed E-state index contributed by atoms with van der Waals surface area (Å²) in [5.41, 5.74) is -2.41. The van der Waals surface area contributed by atoms with E-state index in [0.29, 0.717) is 6.42 Å². The van der Waals surface area contributed by atoms with Crippen molar-refractivity contribution in [1.29, 1.82) is 0 Å². The molecule has 0 heterocycles. The molecular formula is C21H26N4O8. The van der Waals surface area contributed by atoms with Crippen LogP contribution in [0.2, 0.25) is 0 Å².